The monoisotopic (exact) mass is 430 g/mol. The van der Waals surface area contributed by atoms with Gasteiger partial charge in [0.2, 0.25) is 5.28 Å². The molecule has 0 aromatic carbocycles. The number of esters is 1. The third-order valence-corrected chi connectivity index (χ3v) is 5.20. The molecule has 1 fully saturated rings. The zero-order chi connectivity index (χ0) is 21.7. The van der Waals surface area contributed by atoms with Crippen molar-refractivity contribution in [1.82, 2.24) is 24.6 Å². The van der Waals surface area contributed by atoms with Crippen LogP contribution in [0.1, 0.15) is 46.1 Å². The number of rotatable bonds is 6. The Kier molecular flexibility index (Phi) is 7.06. The molecule has 0 aliphatic carbocycles. The summed E-state index contributed by atoms with van der Waals surface area (Å²) in [7, 11) is 0. The number of halogens is 1. The van der Waals surface area contributed by atoms with E-state index < -0.39 is 5.60 Å². The molecule has 3 rings (SSSR count). The lowest BCUT2D eigenvalue weighted by atomic mass is 9.96. The second-order valence-electron chi connectivity index (χ2n) is 8.54. The van der Waals surface area contributed by atoms with E-state index >= 15 is 0 Å². The first-order valence-electron chi connectivity index (χ1n) is 10.1. The van der Waals surface area contributed by atoms with Crippen molar-refractivity contribution >= 4 is 17.6 Å². The van der Waals surface area contributed by atoms with E-state index in [4.69, 9.17) is 16.3 Å². The van der Waals surface area contributed by atoms with Crippen molar-refractivity contribution in [3.63, 3.8) is 0 Å². The van der Waals surface area contributed by atoms with Gasteiger partial charge in [-0.05, 0) is 64.4 Å². The lowest BCUT2D eigenvalue weighted by Gasteiger charge is -2.34. The van der Waals surface area contributed by atoms with Gasteiger partial charge >= 0.3 is 5.97 Å². The van der Waals surface area contributed by atoms with Gasteiger partial charge in [0.25, 0.3) is 0 Å². The van der Waals surface area contributed by atoms with Gasteiger partial charge in [0, 0.05) is 24.5 Å². The first kappa shape index (κ1) is 22.2. The maximum Gasteiger partial charge on any atom is 0.309 e. The highest BCUT2D eigenvalue weighted by Gasteiger charge is 2.30. The van der Waals surface area contributed by atoms with E-state index in [0.29, 0.717) is 18.7 Å². The quantitative estimate of drug-likeness (QED) is 0.511. The SMILES string of the molecule is CC(C)(C)OC(=O)C1CCN(CC(CC#N)n2cc(-c3ccnc(Cl)n3)cn2)CC1. The third-order valence-electron chi connectivity index (χ3n) is 5.02. The highest BCUT2D eigenvalue weighted by atomic mass is 35.5. The van der Waals surface area contributed by atoms with Crippen LogP contribution in [0, 0.1) is 17.2 Å². The summed E-state index contributed by atoms with van der Waals surface area (Å²) in [5.41, 5.74) is 1.05. The van der Waals surface area contributed by atoms with Crippen LogP contribution in [0.25, 0.3) is 11.3 Å². The van der Waals surface area contributed by atoms with Crippen molar-refractivity contribution < 1.29 is 9.53 Å². The Morgan fingerprint density at radius 3 is 2.77 bits per heavy atom. The number of hydrogen-bond acceptors (Lipinski definition) is 7. The number of nitriles is 1. The molecule has 0 amide bonds. The summed E-state index contributed by atoms with van der Waals surface area (Å²) >= 11 is 5.88. The van der Waals surface area contributed by atoms with Gasteiger partial charge < -0.3 is 9.64 Å². The Morgan fingerprint density at radius 1 is 1.40 bits per heavy atom. The minimum Gasteiger partial charge on any atom is -0.460 e. The molecule has 0 saturated carbocycles. The fraction of sp³-hybridized carbons (Fsp3) is 0.571. The molecular weight excluding hydrogens is 404 g/mol. The van der Waals surface area contributed by atoms with E-state index in [2.05, 4.69) is 26.0 Å². The average molecular weight is 431 g/mol. The topological polar surface area (TPSA) is 96.9 Å². The van der Waals surface area contributed by atoms with Crippen LogP contribution < -0.4 is 0 Å². The maximum absolute atomic E-state index is 12.3. The van der Waals surface area contributed by atoms with Gasteiger partial charge in [-0.15, -0.1) is 0 Å². The highest BCUT2D eigenvalue weighted by molar-refractivity contribution is 6.28. The van der Waals surface area contributed by atoms with Crippen molar-refractivity contribution in [2.75, 3.05) is 19.6 Å². The Bertz CT molecular complexity index is 909. The molecule has 1 saturated heterocycles. The van der Waals surface area contributed by atoms with Crippen molar-refractivity contribution in [2.24, 2.45) is 5.92 Å². The molecule has 3 heterocycles. The van der Waals surface area contributed by atoms with Gasteiger partial charge in [0.1, 0.15) is 5.60 Å². The van der Waals surface area contributed by atoms with Crippen molar-refractivity contribution in [1.29, 1.82) is 5.26 Å². The maximum atomic E-state index is 12.3. The largest absolute Gasteiger partial charge is 0.460 e. The summed E-state index contributed by atoms with van der Waals surface area (Å²) in [6.07, 6.45) is 7.07. The first-order valence-corrected chi connectivity index (χ1v) is 10.5. The van der Waals surface area contributed by atoms with Crippen LogP contribution in [0.3, 0.4) is 0 Å². The number of piperidine rings is 1. The van der Waals surface area contributed by atoms with Crippen LogP contribution in [0.2, 0.25) is 5.28 Å². The minimum absolute atomic E-state index is 0.0614. The standard InChI is InChI=1S/C21H27ClN6O2/c1-21(2,3)30-19(29)15-6-10-27(11-7-15)14-17(4-8-23)28-13-16(12-25-28)18-5-9-24-20(22)26-18/h5,9,12-13,15,17H,4,6-7,10-11,14H2,1-3H3. The smallest absolute Gasteiger partial charge is 0.309 e. The van der Waals surface area contributed by atoms with E-state index in [1.54, 1.807) is 18.5 Å². The molecular formula is C21H27ClN6O2. The Morgan fingerprint density at radius 2 is 2.13 bits per heavy atom. The molecule has 2 aromatic rings. The molecule has 0 bridgehead atoms. The van der Waals surface area contributed by atoms with E-state index in [-0.39, 0.29) is 23.2 Å². The van der Waals surface area contributed by atoms with Gasteiger partial charge in [-0.25, -0.2) is 9.97 Å². The van der Waals surface area contributed by atoms with Crippen LogP contribution in [0.15, 0.2) is 24.7 Å². The zero-order valence-corrected chi connectivity index (χ0v) is 18.3. The predicted molar refractivity (Wildman–Crippen MR) is 113 cm³/mol. The van der Waals surface area contributed by atoms with E-state index in [9.17, 15) is 10.1 Å². The van der Waals surface area contributed by atoms with Crippen molar-refractivity contribution in [3.8, 4) is 17.3 Å². The molecule has 2 aromatic heterocycles. The molecule has 0 N–H and O–H groups in total. The van der Waals surface area contributed by atoms with Crippen LogP contribution in [-0.2, 0) is 9.53 Å². The van der Waals surface area contributed by atoms with Gasteiger partial charge in [-0.1, -0.05) is 0 Å². The molecule has 8 nitrogen and oxygen atoms in total. The third kappa shape index (κ3) is 6.00. The lowest BCUT2D eigenvalue weighted by molar-refractivity contribution is -0.161. The summed E-state index contributed by atoms with van der Waals surface area (Å²) in [6.45, 7) is 7.95. The predicted octanol–water partition coefficient (Wildman–Crippen LogP) is 3.50. The first-order chi connectivity index (χ1) is 14.2. The minimum atomic E-state index is -0.461. The molecule has 1 unspecified atom stereocenters. The van der Waals surface area contributed by atoms with Gasteiger partial charge in [-0.2, -0.15) is 10.4 Å². The van der Waals surface area contributed by atoms with Crippen molar-refractivity contribution in [3.05, 3.63) is 29.9 Å². The molecule has 0 spiro atoms. The van der Waals surface area contributed by atoms with Crippen LogP contribution in [0.4, 0.5) is 0 Å². The number of ether oxygens (including phenoxy) is 1. The molecule has 1 aliphatic rings. The number of aromatic nitrogens is 4. The van der Waals surface area contributed by atoms with Gasteiger partial charge in [-0.3, -0.25) is 9.48 Å². The van der Waals surface area contributed by atoms with E-state index in [1.165, 1.54) is 0 Å². The highest BCUT2D eigenvalue weighted by Crippen LogP contribution is 2.25. The second kappa shape index (κ2) is 9.54. The number of nitrogens with zero attached hydrogens (tertiary/aromatic N) is 6. The molecule has 1 aliphatic heterocycles. The molecule has 9 heteroatoms. The summed E-state index contributed by atoms with van der Waals surface area (Å²) in [6, 6.07) is 3.95. The number of carbonyl (C=O) groups is 1. The van der Waals surface area contributed by atoms with Crippen LogP contribution >= 0.6 is 11.6 Å². The van der Waals surface area contributed by atoms with Crippen molar-refractivity contribution in [2.45, 2.75) is 51.7 Å². The summed E-state index contributed by atoms with van der Waals surface area (Å²) in [4.78, 5) is 22.7. The van der Waals surface area contributed by atoms with Gasteiger partial charge in [0.15, 0.2) is 0 Å². The summed E-state index contributed by atoms with van der Waals surface area (Å²) in [5, 5.41) is 13.9. The van der Waals surface area contributed by atoms with Gasteiger partial charge in [0.05, 0.1) is 36.3 Å². The second-order valence-corrected chi connectivity index (χ2v) is 8.88. The Labute approximate surface area is 181 Å². The zero-order valence-electron chi connectivity index (χ0n) is 17.6. The van der Waals surface area contributed by atoms with Crippen LogP contribution in [0.5, 0.6) is 0 Å². The summed E-state index contributed by atoms with van der Waals surface area (Å²) in [5.74, 6) is -0.176. The lowest BCUT2D eigenvalue weighted by Crippen LogP contribution is -2.41. The normalized spacial score (nSPS) is 16.8. The van der Waals surface area contributed by atoms with Crippen LogP contribution in [-0.4, -0.2) is 55.9 Å². The average Bonchev–Trinajstić information content (AvgIpc) is 3.17. The summed E-state index contributed by atoms with van der Waals surface area (Å²) < 4.78 is 7.33. The fourth-order valence-electron chi connectivity index (χ4n) is 3.55. The molecule has 160 valence electrons. The number of hydrogen-bond donors (Lipinski definition) is 0. The molecule has 1 atom stereocenters. The molecule has 30 heavy (non-hydrogen) atoms. The van der Waals surface area contributed by atoms with E-state index in [0.717, 1.165) is 31.5 Å². The Balaban J connectivity index is 1.61. The Hall–Kier alpha value is -2.50. The number of carbonyl (C=O) groups excluding carboxylic acids is 1. The van der Waals surface area contributed by atoms with E-state index in [1.807, 2.05) is 31.6 Å². The fourth-order valence-corrected chi connectivity index (χ4v) is 3.69. The number of likely N-dealkylation sites (tertiary alicyclic amines) is 1. The molecule has 0 radical (unpaired) electrons.